The molecule has 2 aliphatic heterocycles. The Balaban J connectivity index is 1.23. The fourth-order valence-electron chi connectivity index (χ4n) is 4.97. The summed E-state index contributed by atoms with van der Waals surface area (Å²) in [4.78, 5) is 34.1. The van der Waals surface area contributed by atoms with Gasteiger partial charge in [0.25, 0.3) is 11.8 Å². The molecule has 39 heavy (non-hydrogen) atoms. The number of fused-ring (bicyclic) bond motifs is 1. The summed E-state index contributed by atoms with van der Waals surface area (Å²) >= 11 is 0. The summed E-state index contributed by atoms with van der Waals surface area (Å²) in [7, 11) is 3.71. The fraction of sp³-hybridized carbons (Fsp3) is 0.379. The zero-order valence-corrected chi connectivity index (χ0v) is 22.3. The van der Waals surface area contributed by atoms with Crippen molar-refractivity contribution in [2.75, 3.05) is 53.4 Å². The van der Waals surface area contributed by atoms with Crippen LogP contribution in [0.15, 0.2) is 53.1 Å². The van der Waals surface area contributed by atoms with Crippen LogP contribution in [0, 0.1) is 0 Å². The molecule has 10 nitrogen and oxygen atoms in total. The van der Waals surface area contributed by atoms with Gasteiger partial charge in [-0.2, -0.15) is 0 Å². The van der Waals surface area contributed by atoms with Crippen molar-refractivity contribution in [3.05, 3.63) is 76.7 Å². The lowest BCUT2D eigenvalue weighted by Crippen LogP contribution is -2.45. The molecule has 2 N–H and O–H groups in total. The highest BCUT2D eigenvalue weighted by Gasteiger charge is 2.29. The van der Waals surface area contributed by atoms with E-state index in [0.717, 1.165) is 55.7 Å². The molecule has 2 aliphatic rings. The van der Waals surface area contributed by atoms with Gasteiger partial charge >= 0.3 is 0 Å². The molecule has 0 unspecified atom stereocenters. The van der Waals surface area contributed by atoms with E-state index >= 15 is 0 Å². The van der Waals surface area contributed by atoms with Crippen molar-refractivity contribution in [1.29, 1.82) is 0 Å². The molecule has 0 spiro atoms. The third kappa shape index (κ3) is 6.02. The number of hydrogen-bond donors (Lipinski definition) is 2. The molecule has 3 heterocycles. The Morgan fingerprint density at radius 1 is 0.974 bits per heavy atom. The maximum atomic E-state index is 13.4. The van der Waals surface area contributed by atoms with Gasteiger partial charge in [0, 0.05) is 58.9 Å². The predicted octanol–water partition coefficient (Wildman–Crippen LogP) is 2.75. The second-order valence-electron chi connectivity index (χ2n) is 10.2. The van der Waals surface area contributed by atoms with Crippen molar-refractivity contribution in [1.82, 2.24) is 19.6 Å². The molecule has 10 heteroatoms. The maximum absolute atomic E-state index is 13.4. The number of hydrogen-bond acceptors (Lipinski definition) is 8. The molecule has 206 valence electrons. The monoisotopic (exact) mass is 534 g/mol. The van der Waals surface area contributed by atoms with Gasteiger partial charge in [-0.25, -0.2) is 0 Å². The van der Waals surface area contributed by atoms with Crippen LogP contribution in [0.3, 0.4) is 0 Å². The average molecular weight is 535 g/mol. The lowest BCUT2D eigenvalue weighted by Gasteiger charge is -2.32. The fourth-order valence-corrected chi connectivity index (χ4v) is 4.97. The molecular weight excluding hydrogens is 500 g/mol. The van der Waals surface area contributed by atoms with E-state index in [1.807, 2.05) is 18.2 Å². The first-order valence-electron chi connectivity index (χ1n) is 13.1. The number of carbonyl (C=O) groups excluding carboxylic acids is 2. The van der Waals surface area contributed by atoms with E-state index in [2.05, 4.69) is 16.8 Å². The first kappa shape index (κ1) is 26.6. The van der Waals surface area contributed by atoms with Gasteiger partial charge in [-0.3, -0.25) is 14.5 Å². The second-order valence-corrected chi connectivity index (χ2v) is 10.2. The summed E-state index contributed by atoms with van der Waals surface area (Å²) in [6.45, 7) is 6.59. The number of amides is 2. The Hall–Kier alpha value is -4.02. The molecule has 1 fully saturated rings. The van der Waals surface area contributed by atoms with Crippen LogP contribution in [-0.4, -0.2) is 95.1 Å². The van der Waals surface area contributed by atoms with E-state index < -0.39 is 17.6 Å². The van der Waals surface area contributed by atoms with Gasteiger partial charge in [-0.05, 0) is 48.5 Å². The average Bonchev–Trinajstić information content (AvgIpc) is 3.59. The molecular formula is C29H34N4O6. The van der Waals surface area contributed by atoms with E-state index in [1.54, 1.807) is 24.1 Å². The van der Waals surface area contributed by atoms with Gasteiger partial charge in [0.15, 0.2) is 0 Å². The van der Waals surface area contributed by atoms with E-state index in [1.165, 1.54) is 17.2 Å². The number of rotatable bonds is 8. The number of carbonyl (C=O) groups is 2. The maximum Gasteiger partial charge on any atom is 0.258 e. The number of furan rings is 1. The van der Waals surface area contributed by atoms with E-state index in [0.29, 0.717) is 25.5 Å². The number of phenolic OH excluding ortho intramolecular Hbond substituents is 2. The highest BCUT2D eigenvalue weighted by atomic mass is 16.5. The topological polar surface area (TPSA) is 110 Å². The van der Waals surface area contributed by atoms with Crippen molar-refractivity contribution in [3.63, 3.8) is 0 Å². The Kier molecular flexibility index (Phi) is 7.76. The molecule has 2 aromatic carbocycles. The molecule has 0 radical (unpaired) electrons. The minimum Gasteiger partial charge on any atom is -0.507 e. The van der Waals surface area contributed by atoms with Crippen LogP contribution in [0.4, 0.5) is 0 Å². The van der Waals surface area contributed by atoms with E-state index in [4.69, 9.17) is 9.15 Å². The summed E-state index contributed by atoms with van der Waals surface area (Å²) in [5, 5.41) is 20.9. The molecule has 1 saturated heterocycles. The van der Waals surface area contributed by atoms with Crippen molar-refractivity contribution < 1.29 is 29.0 Å². The number of benzene rings is 2. The summed E-state index contributed by atoms with van der Waals surface area (Å²) in [6.07, 6.45) is 1.51. The molecule has 0 saturated carbocycles. The van der Waals surface area contributed by atoms with Gasteiger partial charge in [0.1, 0.15) is 29.6 Å². The van der Waals surface area contributed by atoms with Crippen LogP contribution in [0.2, 0.25) is 0 Å². The third-order valence-electron chi connectivity index (χ3n) is 7.35. The van der Waals surface area contributed by atoms with Gasteiger partial charge < -0.3 is 34.1 Å². The van der Waals surface area contributed by atoms with E-state index in [-0.39, 0.29) is 23.4 Å². The third-order valence-corrected chi connectivity index (χ3v) is 7.35. The first-order chi connectivity index (χ1) is 18.8. The smallest absolute Gasteiger partial charge is 0.258 e. The zero-order chi connectivity index (χ0) is 27.5. The second kappa shape index (κ2) is 11.4. The molecule has 5 rings (SSSR count). The Bertz CT molecular complexity index is 1330. The number of piperazine rings is 1. The number of nitrogens with zero attached hydrogens (tertiary/aromatic N) is 4. The molecule has 1 aromatic heterocycles. The summed E-state index contributed by atoms with van der Waals surface area (Å²) in [6, 6.07) is 11.6. The standard InChI is InChI=1S/C29H34N4O6/c1-30-7-9-32(10-8-30)11-13-39-22-6-5-20-17-33(18-21(20)14-22)29(37)25-15-24(26(34)16-27(25)35)28(36)31(2)19-23-4-3-12-38-23/h3-6,12,14-16,34-35H,7-11,13,17-19H2,1-2H3. The zero-order valence-electron chi connectivity index (χ0n) is 22.3. The van der Waals surface area contributed by atoms with Gasteiger partial charge in [-0.15, -0.1) is 0 Å². The Morgan fingerprint density at radius 2 is 1.72 bits per heavy atom. The van der Waals surface area contributed by atoms with Crippen molar-refractivity contribution in [2.24, 2.45) is 0 Å². The summed E-state index contributed by atoms with van der Waals surface area (Å²) < 4.78 is 11.3. The van der Waals surface area contributed by atoms with Crippen LogP contribution < -0.4 is 4.74 Å². The van der Waals surface area contributed by atoms with Crippen molar-refractivity contribution >= 4 is 11.8 Å². The number of aromatic hydroxyl groups is 2. The van der Waals surface area contributed by atoms with Gasteiger partial charge in [-0.1, -0.05) is 6.07 Å². The summed E-state index contributed by atoms with van der Waals surface area (Å²) in [5.74, 6) is -0.366. The van der Waals surface area contributed by atoms with Crippen LogP contribution >= 0.6 is 0 Å². The largest absolute Gasteiger partial charge is 0.507 e. The quantitative estimate of drug-likeness (QED) is 0.454. The first-order valence-corrected chi connectivity index (χ1v) is 13.1. The number of ether oxygens (including phenoxy) is 1. The van der Waals surface area contributed by atoms with E-state index in [9.17, 15) is 19.8 Å². The van der Waals surface area contributed by atoms with Crippen molar-refractivity contribution in [2.45, 2.75) is 19.6 Å². The Labute approximate surface area is 227 Å². The minimum absolute atomic E-state index is 0.0426. The van der Waals surface area contributed by atoms with Crippen LogP contribution in [0.1, 0.15) is 37.6 Å². The van der Waals surface area contributed by atoms with Crippen LogP contribution in [0.5, 0.6) is 17.2 Å². The number of likely N-dealkylation sites (N-methyl/N-ethyl adjacent to an activating group) is 1. The molecule has 0 atom stereocenters. The van der Waals surface area contributed by atoms with Crippen molar-refractivity contribution in [3.8, 4) is 17.2 Å². The van der Waals surface area contributed by atoms with Crippen LogP contribution in [-0.2, 0) is 19.6 Å². The van der Waals surface area contributed by atoms with Gasteiger partial charge in [0.05, 0.1) is 23.9 Å². The lowest BCUT2D eigenvalue weighted by atomic mass is 10.1. The molecule has 0 aliphatic carbocycles. The lowest BCUT2D eigenvalue weighted by molar-refractivity contribution is 0.0748. The molecule has 3 aromatic rings. The molecule has 2 amide bonds. The summed E-state index contributed by atoms with van der Waals surface area (Å²) in [5.41, 5.74) is 1.87. The SMILES string of the molecule is CN1CCN(CCOc2ccc3c(c2)CN(C(=O)c2cc(C(=O)N(C)Cc4ccco4)c(O)cc2O)C3)CC1. The highest BCUT2D eigenvalue weighted by molar-refractivity contribution is 6.03. The minimum atomic E-state index is -0.499. The highest BCUT2D eigenvalue weighted by Crippen LogP contribution is 2.33. The Morgan fingerprint density at radius 3 is 2.46 bits per heavy atom. The van der Waals surface area contributed by atoms with Gasteiger partial charge in [0.2, 0.25) is 0 Å². The normalized spacial score (nSPS) is 15.8. The predicted molar refractivity (Wildman–Crippen MR) is 144 cm³/mol. The number of phenols is 2. The van der Waals surface area contributed by atoms with Crippen LogP contribution in [0.25, 0.3) is 0 Å². The molecule has 0 bridgehead atoms.